The summed E-state index contributed by atoms with van der Waals surface area (Å²) in [7, 11) is 0. The Morgan fingerprint density at radius 2 is 1.81 bits per heavy atom. The minimum atomic E-state index is 0.562. The van der Waals surface area contributed by atoms with Crippen molar-refractivity contribution in [2.75, 3.05) is 0 Å². The molecule has 4 aliphatic carbocycles. The van der Waals surface area contributed by atoms with Gasteiger partial charge in [0, 0.05) is 0 Å². The number of hydrogen-bond donors (Lipinski definition) is 0. The van der Waals surface area contributed by atoms with Crippen molar-refractivity contribution in [2.24, 2.45) is 46.3 Å². The molecule has 3 fully saturated rings. The third-order valence-electron chi connectivity index (χ3n) is 10.1. The van der Waals surface area contributed by atoms with Crippen LogP contribution in [0.15, 0.2) is 11.6 Å². The first-order valence-corrected chi connectivity index (χ1v) is 12.5. The molecule has 6 unspecified atom stereocenters. The monoisotopic (exact) mass is 370 g/mol. The van der Waals surface area contributed by atoms with Gasteiger partial charge in [-0.15, -0.1) is 0 Å². The van der Waals surface area contributed by atoms with Crippen LogP contribution in [0, 0.1) is 46.3 Å². The van der Waals surface area contributed by atoms with Crippen LogP contribution in [0.25, 0.3) is 0 Å². The van der Waals surface area contributed by atoms with Crippen molar-refractivity contribution in [3.05, 3.63) is 11.6 Å². The lowest BCUT2D eigenvalue weighted by molar-refractivity contribution is -0.0450. The van der Waals surface area contributed by atoms with Gasteiger partial charge < -0.3 is 0 Å². The summed E-state index contributed by atoms with van der Waals surface area (Å²) < 4.78 is 0. The van der Waals surface area contributed by atoms with E-state index in [2.05, 4.69) is 40.7 Å². The molecule has 0 bridgehead atoms. The summed E-state index contributed by atoms with van der Waals surface area (Å²) >= 11 is 0. The Morgan fingerprint density at radius 1 is 1.00 bits per heavy atom. The van der Waals surface area contributed by atoms with E-state index in [9.17, 15) is 0 Å². The molecule has 0 aliphatic heterocycles. The second kappa shape index (κ2) is 7.53. The molecule has 0 spiro atoms. The maximum Gasteiger partial charge on any atom is -0.00851 e. The maximum absolute atomic E-state index is 2.75. The van der Waals surface area contributed by atoms with Crippen LogP contribution in [0.2, 0.25) is 0 Å². The lowest BCUT2D eigenvalue weighted by atomic mass is 9.47. The van der Waals surface area contributed by atoms with E-state index in [1.54, 1.807) is 6.42 Å². The third kappa shape index (κ3) is 3.46. The van der Waals surface area contributed by atoms with E-state index in [0.29, 0.717) is 10.8 Å². The van der Waals surface area contributed by atoms with Crippen LogP contribution < -0.4 is 0 Å². The second-order valence-corrected chi connectivity index (χ2v) is 12.1. The Morgan fingerprint density at radius 3 is 2.59 bits per heavy atom. The summed E-state index contributed by atoms with van der Waals surface area (Å²) in [6, 6.07) is 0. The van der Waals surface area contributed by atoms with Crippen molar-refractivity contribution < 1.29 is 0 Å². The van der Waals surface area contributed by atoms with Gasteiger partial charge in [0.05, 0.1) is 0 Å². The van der Waals surface area contributed by atoms with Gasteiger partial charge in [-0.1, -0.05) is 65.5 Å². The van der Waals surface area contributed by atoms with Crippen LogP contribution in [-0.2, 0) is 0 Å². The van der Waals surface area contributed by atoms with Crippen molar-refractivity contribution >= 4 is 0 Å². The zero-order valence-corrected chi connectivity index (χ0v) is 19.0. The van der Waals surface area contributed by atoms with Crippen molar-refractivity contribution in [1.82, 2.24) is 0 Å². The fourth-order valence-electron chi connectivity index (χ4n) is 8.37. The van der Waals surface area contributed by atoms with Crippen LogP contribution in [0.4, 0.5) is 0 Å². The van der Waals surface area contributed by atoms with E-state index in [4.69, 9.17) is 0 Å². The summed E-state index contributed by atoms with van der Waals surface area (Å²) in [5, 5.41) is 0. The standard InChI is InChI=1S/C27H46/c1-19(2)8-6-7-9-21-11-13-24-23-12-10-22-18-20(3)14-16-27(22,5)25(23)15-17-26(21,24)4/h10,19-21,23-25H,6-9,11-18H2,1-5H3/t20-,21?,23?,24?,25?,26?,27?/m0/s1. The van der Waals surface area contributed by atoms with Crippen molar-refractivity contribution in [3.8, 4) is 0 Å². The summed E-state index contributed by atoms with van der Waals surface area (Å²) in [4.78, 5) is 0. The normalized spacial score (nSPS) is 46.6. The highest BCUT2D eigenvalue weighted by atomic mass is 14.6. The van der Waals surface area contributed by atoms with E-state index < -0.39 is 0 Å². The van der Waals surface area contributed by atoms with Crippen molar-refractivity contribution in [1.29, 1.82) is 0 Å². The van der Waals surface area contributed by atoms with E-state index in [1.165, 1.54) is 70.6 Å². The minimum Gasteiger partial charge on any atom is -0.0845 e. The molecule has 0 aromatic carbocycles. The van der Waals surface area contributed by atoms with Crippen molar-refractivity contribution in [2.45, 2.75) is 112 Å². The largest absolute Gasteiger partial charge is 0.0845 e. The third-order valence-corrected chi connectivity index (χ3v) is 10.1. The van der Waals surface area contributed by atoms with Gasteiger partial charge in [-0.25, -0.2) is 0 Å². The molecule has 0 aromatic heterocycles. The molecule has 154 valence electrons. The second-order valence-electron chi connectivity index (χ2n) is 12.1. The van der Waals surface area contributed by atoms with Gasteiger partial charge >= 0.3 is 0 Å². The Kier molecular flexibility index (Phi) is 5.59. The first-order valence-electron chi connectivity index (χ1n) is 12.5. The lowest BCUT2D eigenvalue weighted by Crippen LogP contribution is -2.49. The Bertz CT molecular complexity index is 556. The summed E-state index contributed by atoms with van der Waals surface area (Å²) in [5.74, 6) is 5.88. The number of fused-ring (bicyclic) bond motifs is 5. The minimum absolute atomic E-state index is 0.562. The number of rotatable bonds is 5. The van der Waals surface area contributed by atoms with Crippen LogP contribution in [-0.4, -0.2) is 0 Å². The van der Waals surface area contributed by atoms with Gasteiger partial charge in [-0.2, -0.15) is 0 Å². The smallest absolute Gasteiger partial charge is 0.00851 e. The Balaban J connectivity index is 1.46. The van der Waals surface area contributed by atoms with E-state index in [-0.39, 0.29) is 0 Å². The van der Waals surface area contributed by atoms with Crippen LogP contribution >= 0.6 is 0 Å². The quantitative estimate of drug-likeness (QED) is 0.336. The van der Waals surface area contributed by atoms with Crippen LogP contribution in [0.3, 0.4) is 0 Å². The summed E-state index contributed by atoms with van der Waals surface area (Å²) in [5.41, 5.74) is 3.10. The highest BCUT2D eigenvalue weighted by Crippen LogP contribution is 2.67. The average Bonchev–Trinajstić information content (AvgIpc) is 2.96. The van der Waals surface area contributed by atoms with Gasteiger partial charge in [0.15, 0.2) is 0 Å². The molecule has 0 radical (unpaired) electrons. The van der Waals surface area contributed by atoms with Gasteiger partial charge in [0.2, 0.25) is 0 Å². The molecular formula is C27H46. The first-order chi connectivity index (χ1) is 12.8. The highest BCUT2D eigenvalue weighted by molar-refractivity contribution is 5.24. The molecule has 0 heteroatoms. The Hall–Kier alpha value is -0.260. The molecule has 0 aromatic rings. The molecule has 0 nitrogen and oxygen atoms in total. The zero-order chi connectivity index (χ0) is 19.2. The molecule has 0 saturated heterocycles. The lowest BCUT2D eigenvalue weighted by Gasteiger charge is -2.58. The zero-order valence-electron chi connectivity index (χ0n) is 19.0. The number of hydrogen-bond acceptors (Lipinski definition) is 0. The first kappa shape index (κ1) is 20.0. The summed E-state index contributed by atoms with van der Waals surface area (Å²) in [6.07, 6.45) is 20.6. The predicted octanol–water partition coefficient (Wildman–Crippen LogP) is 8.42. The fraction of sp³-hybridized carbons (Fsp3) is 0.926. The molecule has 4 rings (SSSR count). The molecule has 4 aliphatic rings. The van der Waals surface area contributed by atoms with E-state index in [0.717, 1.165) is 35.5 Å². The predicted molar refractivity (Wildman–Crippen MR) is 118 cm³/mol. The van der Waals surface area contributed by atoms with Gasteiger partial charge in [-0.3, -0.25) is 0 Å². The van der Waals surface area contributed by atoms with E-state index in [1.807, 2.05) is 5.57 Å². The highest BCUT2D eigenvalue weighted by Gasteiger charge is 2.58. The van der Waals surface area contributed by atoms with Gasteiger partial charge in [0.1, 0.15) is 0 Å². The van der Waals surface area contributed by atoms with Crippen molar-refractivity contribution in [3.63, 3.8) is 0 Å². The van der Waals surface area contributed by atoms with Crippen LogP contribution in [0.1, 0.15) is 112 Å². The number of unbranched alkanes of at least 4 members (excludes halogenated alkanes) is 1. The average molecular weight is 371 g/mol. The topological polar surface area (TPSA) is 0 Å². The maximum atomic E-state index is 2.75. The molecule has 0 N–H and O–H groups in total. The summed E-state index contributed by atoms with van der Waals surface area (Å²) in [6.45, 7) is 12.6. The SMILES string of the molecule is CC(C)CCCCC1CCC2C3CC=C4C[C@@H](C)CCC4(C)C3CCC12C. The molecular weight excluding hydrogens is 324 g/mol. The van der Waals surface area contributed by atoms with E-state index >= 15 is 0 Å². The Labute approximate surface area is 170 Å². The molecule has 7 atom stereocenters. The molecule has 0 amide bonds. The molecule has 3 saturated carbocycles. The van der Waals surface area contributed by atoms with Gasteiger partial charge in [-0.05, 0) is 104 Å². The molecule has 27 heavy (non-hydrogen) atoms. The van der Waals surface area contributed by atoms with Crippen LogP contribution in [0.5, 0.6) is 0 Å². The number of allylic oxidation sites excluding steroid dienone is 2. The van der Waals surface area contributed by atoms with Gasteiger partial charge in [0.25, 0.3) is 0 Å². The molecule has 0 heterocycles. The fourth-order valence-corrected chi connectivity index (χ4v) is 8.37.